The van der Waals surface area contributed by atoms with E-state index in [4.69, 9.17) is 24.9 Å². The average Bonchev–Trinajstić information content (AvgIpc) is 3.54. The molecule has 0 aliphatic rings. The van der Waals surface area contributed by atoms with Crippen LogP contribution >= 0.6 is 11.3 Å². The minimum Gasteiger partial charge on any atom is -0.256 e. The Morgan fingerprint density at radius 3 is 1.63 bits per heavy atom. The van der Waals surface area contributed by atoms with Crippen LogP contribution in [0.15, 0.2) is 140 Å². The van der Waals surface area contributed by atoms with E-state index in [0.29, 0.717) is 17.5 Å². The standard InChI is InChI=1S/C37H23N5S/c1-4-12-25(13-5-1)34-40-35(26-14-6-2-7-15-26)42-36(41-34)30-22-21-29(28-20-10-18-24-19-11-23-38-31(24)28)32-33(30)43-37(39-32)27-16-8-3-9-17-27/h1-23H. The molecule has 0 fully saturated rings. The molecule has 8 aromatic rings. The molecule has 202 valence electrons. The normalized spacial score (nSPS) is 11.3. The van der Waals surface area contributed by atoms with Crippen LogP contribution in [0.1, 0.15) is 0 Å². The fourth-order valence-electron chi connectivity index (χ4n) is 5.35. The highest BCUT2D eigenvalue weighted by atomic mass is 32.1. The molecule has 0 amide bonds. The van der Waals surface area contributed by atoms with E-state index < -0.39 is 0 Å². The maximum Gasteiger partial charge on any atom is 0.165 e. The van der Waals surface area contributed by atoms with Crippen molar-refractivity contribution in [1.82, 2.24) is 24.9 Å². The largest absolute Gasteiger partial charge is 0.256 e. The third-order valence-corrected chi connectivity index (χ3v) is 8.57. The average molecular weight is 570 g/mol. The quantitative estimate of drug-likeness (QED) is 0.207. The van der Waals surface area contributed by atoms with Crippen molar-refractivity contribution >= 4 is 32.5 Å². The van der Waals surface area contributed by atoms with Gasteiger partial charge in [0.1, 0.15) is 5.01 Å². The third kappa shape index (κ3) is 4.64. The van der Waals surface area contributed by atoms with Crippen molar-refractivity contribution in [3.8, 4) is 55.9 Å². The first kappa shape index (κ1) is 25.1. The van der Waals surface area contributed by atoms with E-state index in [-0.39, 0.29) is 0 Å². The van der Waals surface area contributed by atoms with Gasteiger partial charge in [-0.1, -0.05) is 121 Å². The van der Waals surface area contributed by atoms with Gasteiger partial charge in [0.25, 0.3) is 0 Å². The van der Waals surface area contributed by atoms with Gasteiger partial charge in [-0.25, -0.2) is 19.9 Å². The van der Waals surface area contributed by atoms with Gasteiger partial charge in [-0.2, -0.15) is 0 Å². The number of nitrogens with zero attached hydrogens (tertiary/aromatic N) is 5. The number of rotatable bonds is 5. The van der Waals surface area contributed by atoms with E-state index in [1.807, 2.05) is 91.1 Å². The summed E-state index contributed by atoms with van der Waals surface area (Å²) in [5, 5.41) is 2.03. The van der Waals surface area contributed by atoms with Gasteiger partial charge in [0, 0.05) is 45.0 Å². The summed E-state index contributed by atoms with van der Waals surface area (Å²) in [6.07, 6.45) is 1.84. The van der Waals surface area contributed by atoms with E-state index in [0.717, 1.165) is 59.5 Å². The van der Waals surface area contributed by atoms with Crippen molar-refractivity contribution in [2.45, 2.75) is 0 Å². The van der Waals surface area contributed by atoms with E-state index in [9.17, 15) is 0 Å². The molecule has 8 rings (SSSR count). The van der Waals surface area contributed by atoms with E-state index >= 15 is 0 Å². The molecule has 43 heavy (non-hydrogen) atoms. The molecule has 5 nitrogen and oxygen atoms in total. The lowest BCUT2D eigenvalue weighted by atomic mass is 9.99. The second-order valence-electron chi connectivity index (χ2n) is 10.1. The lowest BCUT2D eigenvalue weighted by molar-refractivity contribution is 1.08. The van der Waals surface area contributed by atoms with Crippen LogP contribution in [0, 0.1) is 0 Å². The Bertz CT molecular complexity index is 2170. The Morgan fingerprint density at radius 1 is 0.395 bits per heavy atom. The van der Waals surface area contributed by atoms with Crippen molar-refractivity contribution in [2.24, 2.45) is 0 Å². The Morgan fingerprint density at radius 2 is 0.953 bits per heavy atom. The summed E-state index contributed by atoms with van der Waals surface area (Å²) in [6, 6.07) is 45.0. The van der Waals surface area contributed by atoms with Crippen LogP contribution < -0.4 is 0 Å². The van der Waals surface area contributed by atoms with Gasteiger partial charge in [-0.15, -0.1) is 11.3 Å². The molecular weight excluding hydrogens is 547 g/mol. The van der Waals surface area contributed by atoms with Crippen LogP contribution in [0.5, 0.6) is 0 Å². The van der Waals surface area contributed by atoms with Gasteiger partial charge >= 0.3 is 0 Å². The molecule has 0 unspecified atom stereocenters. The number of benzene rings is 5. The lowest BCUT2D eigenvalue weighted by Gasteiger charge is -2.11. The first-order valence-electron chi connectivity index (χ1n) is 14.0. The summed E-state index contributed by atoms with van der Waals surface area (Å²) in [4.78, 5) is 24.9. The zero-order valence-corrected chi connectivity index (χ0v) is 23.7. The van der Waals surface area contributed by atoms with Gasteiger partial charge in [-0.05, 0) is 12.1 Å². The van der Waals surface area contributed by atoms with Gasteiger partial charge in [0.2, 0.25) is 0 Å². The Labute approximate surface area is 252 Å². The monoisotopic (exact) mass is 569 g/mol. The summed E-state index contributed by atoms with van der Waals surface area (Å²) in [5.41, 5.74) is 7.80. The number of fused-ring (bicyclic) bond motifs is 2. The van der Waals surface area contributed by atoms with Crippen LogP contribution in [-0.2, 0) is 0 Å². The molecule has 0 bridgehead atoms. The molecule has 3 aromatic heterocycles. The van der Waals surface area contributed by atoms with Crippen LogP contribution in [-0.4, -0.2) is 24.9 Å². The molecule has 0 saturated carbocycles. The molecule has 6 heteroatoms. The summed E-state index contributed by atoms with van der Waals surface area (Å²) in [5.74, 6) is 1.88. The summed E-state index contributed by atoms with van der Waals surface area (Å²) in [6.45, 7) is 0. The van der Waals surface area contributed by atoms with Gasteiger partial charge in [0.15, 0.2) is 17.5 Å². The van der Waals surface area contributed by atoms with Crippen molar-refractivity contribution < 1.29 is 0 Å². The zero-order chi connectivity index (χ0) is 28.6. The molecule has 0 atom stereocenters. The number of pyridine rings is 1. The van der Waals surface area contributed by atoms with Gasteiger partial charge in [-0.3, -0.25) is 4.98 Å². The molecule has 3 heterocycles. The number of aromatic nitrogens is 5. The summed E-state index contributed by atoms with van der Waals surface area (Å²) in [7, 11) is 0. The molecule has 0 N–H and O–H groups in total. The predicted molar refractivity (Wildman–Crippen MR) is 175 cm³/mol. The summed E-state index contributed by atoms with van der Waals surface area (Å²) < 4.78 is 1.02. The van der Waals surface area contributed by atoms with Gasteiger partial charge in [0.05, 0.1) is 15.7 Å². The van der Waals surface area contributed by atoms with Crippen molar-refractivity contribution in [3.05, 3.63) is 140 Å². The maximum atomic E-state index is 5.23. The predicted octanol–water partition coefficient (Wildman–Crippen LogP) is 9.36. The minimum atomic E-state index is 0.614. The number of thiazole rings is 1. The van der Waals surface area contributed by atoms with Crippen LogP contribution in [0.2, 0.25) is 0 Å². The first-order valence-corrected chi connectivity index (χ1v) is 14.8. The molecule has 0 saturated heterocycles. The Balaban J connectivity index is 1.40. The topological polar surface area (TPSA) is 64.5 Å². The zero-order valence-electron chi connectivity index (χ0n) is 22.9. The lowest BCUT2D eigenvalue weighted by Crippen LogP contribution is -2.00. The molecule has 5 aromatic carbocycles. The highest BCUT2D eigenvalue weighted by molar-refractivity contribution is 7.22. The molecule has 0 aliphatic carbocycles. The van der Waals surface area contributed by atoms with Crippen LogP contribution in [0.25, 0.3) is 77.0 Å². The van der Waals surface area contributed by atoms with Crippen molar-refractivity contribution in [2.75, 3.05) is 0 Å². The van der Waals surface area contributed by atoms with Crippen LogP contribution in [0.4, 0.5) is 0 Å². The van der Waals surface area contributed by atoms with Gasteiger partial charge < -0.3 is 0 Å². The maximum absolute atomic E-state index is 5.23. The number of hydrogen-bond acceptors (Lipinski definition) is 6. The van der Waals surface area contributed by atoms with E-state index in [1.54, 1.807) is 11.3 Å². The molecular formula is C37H23N5S. The van der Waals surface area contributed by atoms with Crippen LogP contribution in [0.3, 0.4) is 0 Å². The smallest absolute Gasteiger partial charge is 0.165 e. The Hall–Kier alpha value is -5.59. The highest BCUT2D eigenvalue weighted by Gasteiger charge is 2.20. The van der Waals surface area contributed by atoms with E-state index in [1.165, 1.54) is 0 Å². The highest BCUT2D eigenvalue weighted by Crippen LogP contribution is 2.42. The second-order valence-corrected chi connectivity index (χ2v) is 11.1. The molecule has 0 spiro atoms. The van der Waals surface area contributed by atoms with Crippen molar-refractivity contribution in [3.63, 3.8) is 0 Å². The first-order chi connectivity index (χ1) is 21.3. The van der Waals surface area contributed by atoms with Crippen molar-refractivity contribution in [1.29, 1.82) is 0 Å². The minimum absolute atomic E-state index is 0.614. The molecule has 0 radical (unpaired) electrons. The SMILES string of the molecule is c1ccc(-c2nc(-c3ccccc3)nc(-c3ccc(-c4cccc5cccnc45)c4nc(-c5ccccc5)sc34)n2)cc1. The fourth-order valence-corrected chi connectivity index (χ4v) is 6.46. The molecule has 0 aliphatic heterocycles. The number of hydrogen-bond donors (Lipinski definition) is 0. The third-order valence-electron chi connectivity index (χ3n) is 7.43. The number of para-hydroxylation sites is 1. The summed E-state index contributed by atoms with van der Waals surface area (Å²) >= 11 is 1.66. The Kier molecular flexibility index (Phi) is 6.24. The second kappa shape index (κ2) is 10.7. The van der Waals surface area contributed by atoms with E-state index in [2.05, 4.69) is 48.5 Å². The fraction of sp³-hybridized carbons (Fsp3) is 0.